The van der Waals surface area contributed by atoms with Crippen LogP contribution in [-0.2, 0) is 6.42 Å². The van der Waals surface area contributed by atoms with Crippen molar-refractivity contribution in [2.75, 3.05) is 30.3 Å². The molecule has 2 aliphatic rings. The summed E-state index contributed by atoms with van der Waals surface area (Å²) in [6.45, 7) is 7.81. The van der Waals surface area contributed by atoms with Crippen molar-refractivity contribution in [3.63, 3.8) is 0 Å². The molecule has 2 aliphatic heterocycles. The normalized spacial score (nSPS) is 27.6. The van der Waals surface area contributed by atoms with Crippen LogP contribution < -0.4 is 10.6 Å². The van der Waals surface area contributed by atoms with Gasteiger partial charge in [-0.25, -0.2) is 9.97 Å². The van der Waals surface area contributed by atoms with E-state index in [0.717, 1.165) is 31.2 Å². The Hall–Kier alpha value is -1.36. The first-order valence-corrected chi connectivity index (χ1v) is 7.31. The van der Waals surface area contributed by atoms with E-state index < -0.39 is 0 Å². The Balaban J connectivity index is 1.86. The zero-order chi connectivity index (χ0) is 13.4. The minimum Gasteiger partial charge on any atom is -0.384 e. The average molecular weight is 261 g/mol. The predicted octanol–water partition coefficient (Wildman–Crippen LogP) is 1.29. The van der Waals surface area contributed by atoms with Gasteiger partial charge in [-0.3, -0.25) is 4.90 Å². The summed E-state index contributed by atoms with van der Waals surface area (Å²) in [7, 11) is 0. The molecule has 5 heteroatoms. The number of nitrogens with zero attached hydrogens (tertiary/aromatic N) is 4. The summed E-state index contributed by atoms with van der Waals surface area (Å²) < 4.78 is 0. The topological polar surface area (TPSA) is 58.3 Å². The first-order valence-electron chi connectivity index (χ1n) is 7.31. The lowest BCUT2D eigenvalue weighted by Crippen LogP contribution is -2.55. The van der Waals surface area contributed by atoms with Crippen molar-refractivity contribution in [2.24, 2.45) is 0 Å². The van der Waals surface area contributed by atoms with E-state index in [1.54, 1.807) is 0 Å². The summed E-state index contributed by atoms with van der Waals surface area (Å²) in [5.41, 5.74) is 5.91. The van der Waals surface area contributed by atoms with Gasteiger partial charge in [-0.2, -0.15) is 0 Å². The zero-order valence-corrected chi connectivity index (χ0v) is 11.8. The van der Waals surface area contributed by atoms with Crippen LogP contribution in [0.4, 0.5) is 11.6 Å². The molecule has 1 aromatic rings. The molecule has 0 bridgehead atoms. The number of fused-ring (bicyclic) bond motifs is 1. The molecule has 104 valence electrons. The highest BCUT2D eigenvalue weighted by Crippen LogP contribution is 2.28. The second kappa shape index (κ2) is 4.96. The van der Waals surface area contributed by atoms with Crippen LogP contribution in [-0.4, -0.2) is 46.6 Å². The molecule has 2 atom stereocenters. The third kappa shape index (κ3) is 2.39. The molecule has 2 fully saturated rings. The van der Waals surface area contributed by atoms with Gasteiger partial charge >= 0.3 is 0 Å². The first-order chi connectivity index (χ1) is 9.17. The molecule has 2 saturated heterocycles. The highest BCUT2D eigenvalue weighted by molar-refractivity contribution is 5.48. The van der Waals surface area contributed by atoms with Gasteiger partial charge in [-0.05, 0) is 26.3 Å². The average Bonchev–Trinajstić information content (AvgIpc) is 2.84. The van der Waals surface area contributed by atoms with E-state index in [2.05, 4.69) is 33.6 Å². The van der Waals surface area contributed by atoms with Crippen molar-refractivity contribution in [1.82, 2.24) is 14.9 Å². The predicted molar refractivity (Wildman–Crippen MR) is 77.2 cm³/mol. The Morgan fingerprint density at radius 1 is 1.37 bits per heavy atom. The third-order valence-electron chi connectivity index (χ3n) is 4.33. The van der Waals surface area contributed by atoms with Gasteiger partial charge in [0.2, 0.25) is 0 Å². The highest BCUT2D eigenvalue weighted by Gasteiger charge is 2.35. The Morgan fingerprint density at radius 3 is 3.00 bits per heavy atom. The van der Waals surface area contributed by atoms with Gasteiger partial charge in [-0.15, -0.1) is 0 Å². The lowest BCUT2D eigenvalue weighted by atomic mass is 10.1. The van der Waals surface area contributed by atoms with Crippen molar-refractivity contribution in [3.05, 3.63) is 11.9 Å². The minimum absolute atomic E-state index is 0.494. The fourth-order valence-corrected chi connectivity index (χ4v) is 3.31. The van der Waals surface area contributed by atoms with Crippen molar-refractivity contribution < 1.29 is 0 Å². The molecule has 3 heterocycles. The van der Waals surface area contributed by atoms with Crippen LogP contribution in [0.25, 0.3) is 0 Å². The Morgan fingerprint density at radius 2 is 2.21 bits per heavy atom. The van der Waals surface area contributed by atoms with Gasteiger partial charge in [0, 0.05) is 37.7 Å². The van der Waals surface area contributed by atoms with Crippen LogP contribution in [0.3, 0.4) is 0 Å². The zero-order valence-electron chi connectivity index (χ0n) is 11.8. The lowest BCUT2D eigenvalue weighted by molar-refractivity contribution is 0.202. The summed E-state index contributed by atoms with van der Waals surface area (Å²) in [6, 6.07) is 3.10. The van der Waals surface area contributed by atoms with Crippen LogP contribution in [0.1, 0.15) is 32.5 Å². The number of aryl methyl sites for hydroxylation is 1. The van der Waals surface area contributed by atoms with Crippen LogP contribution in [0, 0.1) is 0 Å². The summed E-state index contributed by atoms with van der Waals surface area (Å²) in [5.74, 6) is 2.43. The minimum atomic E-state index is 0.494. The summed E-state index contributed by atoms with van der Waals surface area (Å²) in [6.07, 6.45) is 3.47. The van der Waals surface area contributed by atoms with Gasteiger partial charge in [-0.1, -0.05) is 6.92 Å². The van der Waals surface area contributed by atoms with E-state index >= 15 is 0 Å². The fraction of sp³-hybridized carbons (Fsp3) is 0.714. The van der Waals surface area contributed by atoms with Gasteiger partial charge in [0.15, 0.2) is 0 Å². The van der Waals surface area contributed by atoms with Gasteiger partial charge in [0.1, 0.15) is 17.5 Å². The summed E-state index contributed by atoms with van der Waals surface area (Å²) in [5, 5.41) is 0. The molecule has 0 aliphatic carbocycles. The summed E-state index contributed by atoms with van der Waals surface area (Å²) >= 11 is 0. The molecule has 2 N–H and O–H groups in total. The van der Waals surface area contributed by atoms with Crippen molar-refractivity contribution >= 4 is 11.6 Å². The quantitative estimate of drug-likeness (QED) is 0.869. The Labute approximate surface area is 114 Å². The number of hydrogen-bond acceptors (Lipinski definition) is 5. The maximum atomic E-state index is 5.91. The van der Waals surface area contributed by atoms with Crippen LogP contribution >= 0.6 is 0 Å². The van der Waals surface area contributed by atoms with E-state index in [1.807, 2.05) is 6.07 Å². The SMILES string of the molecule is CCc1nc(N)cc(N2CC3CCCN3CC2C)n1. The number of nitrogen functional groups attached to an aromatic ring is 1. The standard InChI is InChI=1S/C14H23N5/c1-3-13-16-12(15)7-14(17-13)19-9-11-5-4-6-18(11)8-10(19)2/h7,10-11H,3-6,8-9H2,1-2H3,(H2,15,16,17). The maximum absolute atomic E-state index is 5.91. The van der Waals surface area contributed by atoms with E-state index in [0.29, 0.717) is 17.9 Å². The molecule has 0 spiro atoms. The summed E-state index contributed by atoms with van der Waals surface area (Å²) in [4.78, 5) is 13.9. The van der Waals surface area contributed by atoms with E-state index in [4.69, 9.17) is 5.73 Å². The largest absolute Gasteiger partial charge is 0.384 e. The molecule has 1 aromatic heterocycles. The Kier molecular flexibility index (Phi) is 3.31. The molecule has 2 unspecified atom stereocenters. The van der Waals surface area contributed by atoms with Crippen LogP contribution in [0.5, 0.6) is 0 Å². The van der Waals surface area contributed by atoms with E-state index in [9.17, 15) is 0 Å². The molecule has 0 radical (unpaired) electrons. The molecule has 5 nitrogen and oxygen atoms in total. The van der Waals surface area contributed by atoms with Crippen molar-refractivity contribution in [1.29, 1.82) is 0 Å². The number of nitrogens with two attached hydrogens (primary N) is 1. The molecular formula is C14H23N5. The monoisotopic (exact) mass is 261 g/mol. The van der Waals surface area contributed by atoms with Gasteiger partial charge in [0.05, 0.1) is 0 Å². The number of rotatable bonds is 2. The molecule has 0 amide bonds. The lowest BCUT2D eigenvalue weighted by Gasteiger charge is -2.43. The number of piperazine rings is 1. The molecular weight excluding hydrogens is 238 g/mol. The second-order valence-corrected chi connectivity index (χ2v) is 5.71. The second-order valence-electron chi connectivity index (χ2n) is 5.71. The van der Waals surface area contributed by atoms with Gasteiger partial charge in [0.25, 0.3) is 0 Å². The number of aromatic nitrogens is 2. The molecule has 0 saturated carbocycles. The Bertz CT molecular complexity index is 461. The first kappa shape index (κ1) is 12.7. The maximum Gasteiger partial charge on any atom is 0.134 e. The van der Waals surface area contributed by atoms with E-state index in [-0.39, 0.29) is 0 Å². The fourth-order valence-electron chi connectivity index (χ4n) is 3.31. The van der Waals surface area contributed by atoms with Crippen molar-refractivity contribution in [2.45, 2.75) is 45.2 Å². The van der Waals surface area contributed by atoms with Gasteiger partial charge < -0.3 is 10.6 Å². The number of anilines is 2. The molecule has 19 heavy (non-hydrogen) atoms. The molecule has 3 rings (SSSR count). The number of hydrogen-bond donors (Lipinski definition) is 1. The smallest absolute Gasteiger partial charge is 0.134 e. The van der Waals surface area contributed by atoms with Crippen molar-refractivity contribution in [3.8, 4) is 0 Å². The van der Waals surface area contributed by atoms with Crippen LogP contribution in [0.2, 0.25) is 0 Å². The molecule has 0 aromatic carbocycles. The highest BCUT2D eigenvalue weighted by atomic mass is 15.3. The third-order valence-corrected chi connectivity index (χ3v) is 4.33. The van der Waals surface area contributed by atoms with Crippen LogP contribution in [0.15, 0.2) is 6.07 Å². The van der Waals surface area contributed by atoms with E-state index in [1.165, 1.54) is 19.4 Å².